The molecule has 1 aromatic heterocycles. The molecular formula is C43H35N3O4S. The predicted molar refractivity (Wildman–Crippen MR) is 203 cm³/mol. The second kappa shape index (κ2) is 15.2. The molecule has 2 N–H and O–H groups in total. The number of hydrogen-bond acceptors (Lipinski definition) is 5. The molecule has 8 heteroatoms. The minimum atomic E-state index is -0.516. The quantitative estimate of drug-likeness (QED) is 0.111. The molecule has 0 bridgehead atoms. The molecule has 0 saturated carbocycles. The van der Waals surface area contributed by atoms with Crippen LogP contribution in [0.1, 0.15) is 38.1 Å². The number of rotatable bonds is 10. The van der Waals surface area contributed by atoms with Crippen LogP contribution >= 0.6 is 11.8 Å². The largest absolute Gasteiger partial charge is 0.457 e. The number of hydrogen-bond donors (Lipinski definition) is 2. The Hall–Kier alpha value is -6.12. The maximum Gasteiger partial charge on any atom is 0.272 e. The van der Waals surface area contributed by atoms with Gasteiger partial charge in [0.05, 0.1) is 0 Å². The number of nitrogens with zero attached hydrogens (tertiary/aromatic N) is 1. The Balaban J connectivity index is 1.10. The third-order valence-electron chi connectivity index (χ3n) is 8.62. The van der Waals surface area contributed by atoms with Crippen molar-refractivity contribution in [2.24, 2.45) is 0 Å². The second-order valence-electron chi connectivity index (χ2n) is 12.2. The van der Waals surface area contributed by atoms with Crippen LogP contribution in [0.5, 0.6) is 0 Å². The molecule has 0 radical (unpaired) electrons. The number of furan rings is 1. The Labute approximate surface area is 301 Å². The molecule has 51 heavy (non-hydrogen) atoms. The van der Waals surface area contributed by atoms with Crippen molar-refractivity contribution >= 4 is 46.9 Å². The molecule has 5 aromatic carbocycles. The van der Waals surface area contributed by atoms with Gasteiger partial charge in [-0.05, 0) is 79.1 Å². The van der Waals surface area contributed by atoms with E-state index in [4.69, 9.17) is 4.42 Å². The van der Waals surface area contributed by atoms with Crippen molar-refractivity contribution in [1.82, 2.24) is 5.32 Å². The Kier molecular flexibility index (Phi) is 9.94. The maximum atomic E-state index is 14.0. The number of nitrogens with one attached hydrogen (secondary N) is 2. The molecule has 3 amide bonds. The number of benzene rings is 5. The monoisotopic (exact) mass is 689 g/mol. The number of thioether (sulfide) groups is 1. The summed E-state index contributed by atoms with van der Waals surface area (Å²) in [6.45, 7) is 2.67. The third-order valence-corrected chi connectivity index (χ3v) is 9.88. The molecule has 0 unspecified atom stereocenters. The van der Waals surface area contributed by atoms with Crippen LogP contribution in [-0.2, 0) is 16.0 Å². The smallest absolute Gasteiger partial charge is 0.272 e. The Morgan fingerprint density at radius 3 is 2.20 bits per heavy atom. The van der Waals surface area contributed by atoms with Gasteiger partial charge < -0.3 is 20.0 Å². The van der Waals surface area contributed by atoms with Gasteiger partial charge in [-0.3, -0.25) is 14.4 Å². The summed E-state index contributed by atoms with van der Waals surface area (Å²) in [6.07, 6.45) is 2.35. The normalized spacial score (nSPS) is 13.0. The summed E-state index contributed by atoms with van der Waals surface area (Å²) in [5.41, 5.74) is 6.06. The van der Waals surface area contributed by atoms with E-state index in [1.165, 1.54) is 23.4 Å². The van der Waals surface area contributed by atoms with Crippen LogP contribution in [0.25, 0.3) is 17.4 Å². The number of amides is 3. The number of carbonyl (C=O) groups is 3. The highest BCUT2D eigenvalue weighted by Gasteiger charge is 2.31. The molecule has 0 aliphatic carbocycles. The average Bonchev–Trinajstić information content (AvgIpc) is 3.83. The summed E-state index contributed by atoms with van der Waals surface area (Å²) in [6, 6.07) is 45.4. The van der Waals surface area contributed by atoms with E-state index in [-0.39, 0.29) is 11.6 Å². The van der Waals surface area contributed by atoms with Crippen molar-refractivity contribution in [3.8, 4) is 11.3 Å². The lowest BCUT2D eigenvalue weighted by atomic mass is 10.1. The SMILES string of the molecule is Cc1ccc(-c2ccc(/C=C(\NC(=O)c3ccccc3)C(=O)Nc3ccc(S[C@@H](C(=O)N4CCc5ccccc54)c4ccccc4)cc3)o2)cc1. The summed E-state index contributed by atoms with van der Waals surface area (Å²) < 4.78 is 6.05. The zero-order valence-electron chi connectivity index (χ0n) is 27.9. The molecule has 1 atom stereocenters. The van der Waals surface area contributed by atoms with Gasteiger partial charge >= 0.3 is 0 Å². The van der Waals surface area contributed by atoms with Crippen molar-refractivity contribution < 1.29 is 18.8 Å². The minimum absolute atomic E-state index is 0.0211. The summed E-state index contributed by atoms with van der Waals surface area (Å²) in [4.78, 5) is 43.6. The van der Waals surface area contributed by atoms with Gasteiger partial charge in [0.2, 0.25) is 5.91 Å². The van der Waals surface area contributed by atoms with Crippen LogP contribution in [0.15, 0.2) is 161 Å². The Bertz CT molecular complexity index is 2190. The van der Waals surface area contributed by atoms with Crippen molar-refractivity contribution in [3.05, 3.63) is 179 Å². The van der Waals surface area contributed by atoms with Crippen LogP contribution in [0, 0.1) is 6.92 Å². The number of carbonyl (C=O) groups excluding carboxylic acids is 3. The third kappa shape index (κ3) is 7.87. The lowest BCUT2D eigenvalue weighted by molar-refractivity contribution is -0.118. The van der Waals surface area contributed by atoms with E-state index in [2.05, 4.69) is 16.7 Å². The summed E-state index contributed by atoms with van der Waals surface area (Å²) >= 11 is 1.47. The first-order valence-electron chi connectivity index (χ1n) is 16.7. The standard InChI is InChI=1S/C43H35N3O4S/c1-29-16-18-31(19-17-29)39-25-22-35(50-39)28-37(45-41(47)33-13-6-3-7-14-33)42(48)44-34-20-23-36(24-21-34)51-40(32-11-4-2-5-12-32)43(49)46-27-26-30-10-8-9-15-38(30)46/h2-25,28,40H,26-27H2,1H3,(H,44,48)(H,45,47)/b37-28-/t40-/m1/s1. The molecule has 1 aliphatic rings. The summed E-state index contributed by atoms with van der Waals surface area (Å²) in [5.74, 6) is 0.142. The van der Waals surface area contributed by atoms with Crippen LogP contribution in [0.2, 0.25) is 0 Å². The van der Waals surface area contributed by atoms with Gasteiger partial charge in [0.1, 0.15) is 22.5 Å². The van der Waals surface area contributed by atoms with E-state index in [0.717, 1.165) is 33.7 Å². The molecule has 0 fully saturated rings. The van der Waals surface area contributed by atoms with Crippen LogP contribution in [-0.4, -0.2) is 24.3 Å². The van der Waals surface area contributed by atoms with Gasteiger partial charge in [-0.1, -0.05) is 96.6 Å². The first-order valence-corrected chi connectivity index (χ1v) is 17.6. The molecule has 0 spiro atoms. The highest BCUT2D eigenvalue weighted by Crippen LogP contribution is 2.40. The summed E-state index contributed by atoms with van der Waals surface area (Å²) in [5, 5.41) is 5.21. The second-order valence-corrected chi connectivity index (χ2v) is 13.4. The van der Waals surface area contributed by atoms with E-state index in [1.54, 1.807) is 42.5 Å². The van der Waals surface area contributed by atoms with Gasteiger partial charge in [0, 0.05) is 40.0 Å². The number of aryl methyl sites for hydroxylation is 1. The van der Waals surface area contributed by atoms with E-state index in [0.29, 0.717) is 29.3 Å². The lowest BCUT2D eigenvalue weighted by Gasteiger charge is -2.24. The van der Waals surface area contributed by atoms with Crippen molar-refractivity contribution in [1.29, 1.82) is 0 Å². The number of para-hydroxylation sites is 1. The molecule has 7 nitrogen and oxygen atoms in total. The van der Waals surface area contributed by atoms with E-state index < -0.39 is 17.1 Å². The fourth-order valence-corrected chi connectivity index (χ4v) is 7.02. The first-order chi connectivity index (χ1) is 24.9. The highest BCUT2D eigenvalue weighted by molar-refractivity contribution is 8.00. The molecule has 6 aromatic rings. The van der Waals surface area contributed by atoms with Gasteiger partial charge in [-0.15, -0.1) is 11.8 Å². The highest BCUT2D eigenvalue weighted by atomic mass is 32.2. The van der Waals surface area contributed by atoms with Crippen molar-refractivity contribution in [3.63, 3.8) is 0 Å². The zero-order valence-corrected chi connectivity index (χ0v) is 28.7. The molecule has 0 saturated heterocycles. The maximum absolute atomic E-state index is 14.0. The molecule has 2 heterocycles. The van der Waals surface area contributed by atoms with E-state index >= 15 is 0 Å². The fraction of sp³-hybridized carbons (Fsp3) is 0.0930. The van der Waals surface area contributed by atoms with E-state index in [9.17, 15) is 14.4 Å². The first kappa shape index (κ1) is 33.4. The summed E-state index contributed by atoms with van der Waals surface area (Å²) in [7, 11) is 0. The van der Waals surface area contributed by atoms with E-state index in [1.807, 2.05) is 109 Å². The van der Waals surface area contributed by atoms with Crippen LogP contribution in [0.4, 0.5) is 11.4 Å². The molecule has 7 rings (SSSR count). The number of fused-ring (bicyclic) bond motifs is 1. The van der Waals surface area contributed by atoms with Crippen molar-refractivity contribution in [2.75, 3.05) is 16.8 Å². The molecule has 252 valence electrons. The van der Waals surface area contributed by atoms with Crippen LogP contribution in [0.3, 0.4) is 0 Å². The lowest BCUT2D eigenvalue weighted by Crippen LogP contribution is -2.32. The van der Waals surface area contributed by atoms with Crippen LogP contribution < -0.4 is 15.5 Å². The predicted octanol–water partition coefficient (Wildman–Crippen LogP) is 9.09. The fourth-order valence-electron chi connectivity index (χ4n) is 5.94. The minimum Gasteiger partial charge on any atom is -0.457 e. The zero-order chi connectivity index (χ0) is 35.2. The van der Waals surface area contributed by atoms with Gasteiger partial charge in [-0.25, -0.2) is 0 Å². The van der Waals surface area contributed by atoms with Gasteiger partial charge in [0.15, 0.2) is 0 Å². The molecule has 1 aliphatic heterocycles. The Morgan fingerprint density at radius 2 is 1.45 bits per heavy atom. The Morgan fingerprint density at radius 1 is 0.765 bits per heavy atom. The van der Waals surface area contributed by atoms with Gasteiger partial charge in [0.25, 0.3) is 11.8 Å². The number of anilines is 2. The average molecular weight is 690 g/mol. The topological polar surface area (TPSA) is 91.7 Å². The molecular weight excluding hydrogens is 655 g/mol. The van der Waals surface area contributed by atoms with Crippen molar-refractivity contribution in [2.45, 2.75) is 23.5 Å². The van der Waals surface area contributed by atoms with Gasteiger partial charge in [-0.2, -0.15) is 0 Å².